The largest absolute Gasteiger partial charge is 0.307 e. The average Bonchev–Trinajstić information content (AvgIpc) is 3.86. The molecule has 0 aliphatic carbocycles. The van der Waals surface area contributed by atoms with Gasteiger partial charge in [-0.2, -0.15) is 9.97 Å². The van der Waals surface area contributed by atoms with E-state index in [1.165, 1.54) is 25.7 Å². The van der Waals surface area contributed by atoms with Crippen LogP contribution in [-0.2, 0) is 0 Å². The topological polar surface area (TPSA) is 61.4 Å². The summed E-state index contributed by atoms with van der Waals surface area (Å²) < 4.78 is 7.12. The minimum Gasteiger partial charge on any atom is -0.307 e. The van der Waals surface area contributed by atoms with Gasteiger partial charge in [0.1, 0.15) is 0 Å². The molecule has 0 saturated carbocycles. The van der Waals surface area contributed by atoms with Crippen LogP contribution in [0.2, 0.25) is 0 Å². The summed E-state index contributed by atoms with van der Waals surface area (Å²) in [5.41, 5.74) is 8.27. The van der Waals surface area contributed by atoms with Crippen LogP contribution < -0.4 is 0 Å². The lowest BCUT2D eigenvalue weighted by Crippen LogP contribution is -2.06. The van der Waals surface area contributed by atoms with E-state index in [0.29, 0.717) is 17.6 Å². The Labute approximate surface area is 295 Å². The van der Waals surface area contributed by atoms with Gasteiger partial charge in [-0.1, -0.05) is 97.1 Å². The Balaban J connectivity index is 1.21. The summed E-state index contributed by atoms with van der Waals surface area (Å²) in [6.45, 7) is 0. The molecular formula is C44H26N6S. The van der Waals surface area contributed by atoms with Gasteiger partial charge in [0, 0.05) is 59.3 Å². The summed E-state index contributed by atoms with van der Waals surface area (Å²) in [5.74, 6) is 1.84. The summed E-state index contributed by atoms with van der Waals surface area (Å²) in [4.78, 5) is 20.1. The van der Waals surface area contributed by atoms with Crippen LogP contribution in [0.4, 0.5) is 0 Å². The first-order valence-electron chi connectivity index (χ1n) is 16.9. The number of thiophene rings is 1. The zero-order valence-corrected chi connectivity index (χ0v) is 27.9. The Morgan fingerprint density at radius 2 is 1.12 bits per heavy atom. The Morgan fingerprint density at radius 3 is 1.90 bits per heavy atom. The number of para-hydroxylation sites is 1. The van der Waals surface area contributed by atoms with E-state index in [9.17, 15) is 0 Å². The molecule has 6 aromatic carbocycles. The normalized spacial score (nSPS) is 11.9. The van der Waals surface area contributed by atoms with Gasteiger partial charge in [-0.15, -0.1) is 11.3 Å². The lowest BCUT2D eigenvalue weighted by molar-refractivity contribution is 0.953. The quantitative estimate of drug-likeness (QED) is 0.187. The summed E-state index contributed by atoms with van der Waals surface area (Å²) >= 11 is 1.84. The molecule has 6 nitrogen and oxygen atoms in total. The van der Waals surface area contributed by atoms with Crippen LogP contribution in [-0.4, -0.2) is 29.1 Å². The third-order valence-corrected chi connectivity index (χ3v) is 11.0. The number of hydrogen-bond donors (Lipinski definition) is 0. The maximum absolute atomic E-state index is 5.11. The molecule has 5 heterocycles. The van der Waals surface area contributed by atoms with Crippen molar-refractivity contribution < 1.29 is 0 Å². The zero-order chi connectivity index (χ0) is 33.5. The smallest absolute Gasteiger partial charge is 0.238 e. The van der Waals surface area contributed by atoms with Crippen molar-refractivity contribution in [3.63, 3.8) is 0 Å². The van der Waals surface area contributed by atoms with Crippen LogP contribution in [0.3, 0.4) is 0 Å². The van der Waals surface area contributed by atoms with Crippen molar-refractivity contribution in [2.75, 3.05) is 0 Å². The van der Waals surface area contributed by atoms with Crippen LogP contribution in [0.15, 0.2) is 158 Å². The minimum absolute atomic E-state index is 0.578. The molecule has 51 heavy (non-hydrogen) atoms. The molecule has 0 bridgehead atoms. The monoisotopic (exact) mass is 670 g/mol. The lowest BCUT2D eigenvalue weighted by atomic mass is 10.1. The molecule has 0 unspecified atom stereocenters. The molecule has 7 heteroatoms. The average molecular weight is 671 g/mol. The Bertz CT molecular complexity index is 3080. The van der Waals surface area contributed by atoms with Crippen LogP contribution in [0.25, 0.3) is 98.3 Å². The van der Waals surface area contributed by atoms with E-state index in [0.717, 1.165) is 55.0 Å². The van der Waals surface area contributed by atoms with Crippen LogP contribution >= 0.6 is 11.3 Å². The molecule has 0 amide bonds. The van der Waals surface area contributed by atoms with Crippen molar-refractivity contribution in [2.24, 2.45) is 0 Å². The summed E-state index contributed by atoms with van der Waals surface area (Å²) in [6.07, 6.45) is 1.89. The molecular weight excluding hydrogens is 645 g/mol. The predicted octanol–water partition coefficient (Wildman–Crippen LogP) is 11.2. The highest BCUT2D eigenvalue weighted by Gasteiger charge is 2.21. The van der Waals surface area contributed by atoms with E-state index < -0.39 is 0 Å². The first-order chi connectivity index (χ1) is 25.3. The van der Waals surface area contributed by atoms with Gasteiger partial charge >= 0.3 is 0 Å². The zero-order valence-electron chi connectivity index (χ0n) is 27.1. The van der Waals surface area contributed by atoms with Crippen molar-refractivity contribution in [1.82, 2.24) is 29.1 Å². The second-order valence-electron chi connectivity index (χ2n) is 12.7. The Hall–Kier alpha value is -6.70. The minimum atomic E-state index is 0.578. The Kier molecular flexibility index (Phi) is 6.02. The fourth-order valence-corrected chi connectivity index (χ4v) is 8.72. The third kappa shape index (κ3) is 4.22. The number of benzene rings is 6. The number of nitrogens with zero attached hydrogens (tertiary/aromatic N) is 6. The standard InChI is InChI=1S/C44H26N6S/c1-3-12-27(13-4-1)42-46-43(28-14-5-2-6-15-28)48-44(47-42)50-34-18-9-7-16-30(34)33-26-29(21-23-35(33)50)49-36-19-11-25-45-40(36)32-22-24-38-39(41(32)49)31-17-8-10-20-37(31)51-38/h1-26H. The van der Waals surface area contributed by atoms with Crippen molar-refractivity contribution in [2.45, 2.75) is 0 Å². The molecule has 11 rings (SSSR count). The van der Waals surface area contributed by atoms with E-state index in [-0.39, 0.29) is 0 Å². The van der Waals surface area contributed by atoms with Crippen LogP contribution in [0.5, 0.6) is 0 Å². The highest BCUT2D eigenvalue weighted by atomic mass is 32.1. The predicted molar refractivity (Wildman–Crippen MR) is 210 cm³/mol. The van der Waals surface area contributed by atoms with Gasteiger partial charge < -0.3 is 4.57 Å². The molecule has 0 radical (unpaired) electrons. The Morgan fingerprint density at radius 1 is 0.451 bits per heavy atom. The fourth-order valence-electron chi connectivity index (χ4n) is 7.61. The third-order valence-electron chi connectivity index (χ3n) is 9.82. The van der Waals surface area contributed by atoms with E-state index in [2.05, 4.69) is 94.1 Å². The van der Waals surface area contributed by atoms with E-state index in [4.69, 9.17) is 19.9 Å². The number of aromatic nitrogens is 6. The molecule has 0 fully saturated rings. The van der Waals surface area contributed by atoms with Gasteiger partial charge in [-0.05, 0) is 54.6 Å². The van der Waals surface area contributed by atoms with Crippen LogP contribution in [0, 0.1) is 0 Å². The van der Waals surface area contributed by atoms with Crippen molar-refractivity contribution in [3.05, 3.63) is 158 Å². The number of fused-ring (bicyclic) bond motifs is 10. The molecule has 238 valence electrons. The summed E-state index contributed by atoms with van der Waals surface area (Å²) in [6, 6.07) is 52.9. The van der Waals surface area contributed by atoms with Gasteiger partial charge in [-0.25, -0.2) is 4.98 Å². The molecule has 0 saturated heterocycles. The van der Waals surface area contributed by atoms with Crippen molar-refractivity contribution in [1.29, 1.82) is 0 Å². The van der Waals surface area contributed by atoms with Crippen molar-refractivity contribution >= 4 is 75.3 Å². The summed E-state index contributed by atoms with van der Waals surface area (Å²) in [7, 11) is 0. The van der Waals surface area contributed by atoms with Crippen molar-refractivity contribution in [3.8, 4) is 34.4 Å². The van der Waals surface area contributed by atoms with Gasteiger partial charge in [0.25, 0.3) is 0 Å². The molecule has 0 aliphatic rings. The molecule has 0 N–H and O–H groups in total. The highest BCUT2D eigenvalue weighted by Crippen LogP contribution is 2.43. The number of hydrogen-bond acceptors (Lipinski definition) is 5. The van der Waals surface area contributed by atoms with Gasteiger partial charge in [-0.3, -0.25) is 9.55 Å². The number of pyridine rings is 1. The second kappa shape index (κ2) is 10.9. The van der Waals surface area contributed by atoms with Crippen LogP contribution in [0.1, 0.15) is 0 Å². The number of rotatable bonds is 4. The van der Waals surface area contributed by atoms with E-state index >= 15 is 0 Å². The molecule has 0 atom stereocenters. The van der Waals surface area contributed by atoms with E-state index in [1.54, 1.807) is 0 Å². The van der Waals surface area contributed by atoms with Gasteiger partial charge in [0.05, 0.1) is 27.6 Å². The second-order valence-corrected chi connectivity index (χ2v) is 13.8. The molecule has 5 aromatic heterocycles. The highest BCUT2D eigenvalue weighted by molar-refractivity contribution is 7.26. The van der Waals surface area contributed by atoms with Gasteiger partial charge in [0.15, 0.2) is 11.6 Å². The molecule has 0 spiro atoms. The fraction of sp³-hybridized carbons (Fsp3) is 0. The SMILES string of the molecule is c1ccc(-c2nc(-c3ccccc3)nc(-n3c4ccccc4c4cc(-n5c6cccnc6c6ccc7sc8ccccc8c7c65)ccc43)n2)cc1. The molecule has 0 aliphatic heterocycles. The van der Waals surface area contributed by atoms with E-state index in [1.807, 2.05) is 84.3 Å². The van der Waals surface area contributed by atoms with Gasteiger partial charge in [0.2, 0.25) is 5.95 Å². The first-order valence-corrected chi connectivity index (χ1v) is 17.7. The first kappa shape index (κ1) is 28.2. The molecule has 11 aromatic rings. The lowest BCUT2D eigenvalue weighted by Gasteiger charge is -2.12. The maximum atomic E-state index is 5.11. The maximum Gasteiger partial charge on any atom is 0.238 e. The summed E-state index contributed by atoms with van der Waals surface area (Å²) in [5, 5.41) is 5.93.